The molecule has 1 amide bonds. The van der Waals surface area contributed by atoms with Gasteiger partial charge in [-0.05, 0) is 49.2 Å². The summed E-state index contributed by atoms with van der Waals surface area (Å²) in [5, 5.41) is 5.52. The Kier molecular flexibility index (Phi) is 7.34. The van der Waals surface area contributed by atoms with E-state index in [4.69, 9.17) is 4.74 Å². The van der Waals surface area contributed by atoms with Gasteiger partial charge in [0, 0.05) is 17.8 Å². The Morgan fingerprint density at radius 2 is 2.43 bits per heavy atom. The molecule has 1 N–H and O–H groups in total. The summed E-state index contributed by atoms with van der Waals surface area (Å²) in [7, 11) is 0. The van der Waals surface area contributed by atoms with Crippen LogP contribution in [0.4, 0.5) is 0 Å². The molecule has 2 fully saturated rings. The molecule has 0 bridgehead atoms. The van der Waals surface area contributed by atoms with E-state index < -0.39 is 0 Å². The van der Waals surface area contributed by atoms with Crippen LogP contribution >= 0.6 is 23.7 Å². The van der Waals surface area contributed by atoms with Crippen molar-refractivity contribution in [1.29, 1.82) is 0 Å². The lowest BCUT2D eigenvalue weighted by atomic mass is 9.85. The fourth-order valence-corrected chi connectivity index (χ4v) is 4.22. The molecule has 0 saturated carbocycles. The van der Waals surface area contributed by atoms with Crippen LogP contribution in [0.15, 0.2) is 17.5 Å². The minimum Gasteiger partial charge on any atom is -0.369 e. The van der Waals surface area contributed by atoms with Gasteiger partial charge >= 0.3 is 0 Å². The van der Waals surface area contributed by atoms with Crippen molar-refractivity contribution in [2.45, 2.75) is 32.3 Å². The Morgan fingerprint density at radius 3 is 3.13 bits per heavy atom. The average Bonchev–Trinajstić information content (AvgIpc) is 3.10. The van der Waals surface area contributed by atoms with Gasteiger partial charge in [0.15, 0.2) is 0 Å². The Bertz CT molecular complexity index is 477. The van der Waals surface area contributed by atoms with Gasteiger partial charge in [-0.1, -0.05) is 13.0 Å². The molecule has 6 heteroatoms. The molecule has 3 atom stereocenters. The maximum absolute atomic E-state index is 12.6. The lowest BCUT2D eigenvalue weighted by Crippen LogP contribution is -2.43. The zero-order valence-electron chi connectivity index (χ0n) is 13.7. The van der Waals surface area contributed by atoms with Crippen LogP contribution in [-0.2, 0) is 9.53 Å². The summed E-state index contributed by atoms with van der Waals surface area (Å²) < 4.78 is 5.83. The fraction of sp³-hybridized carbons (Fsp3) is 0.706. The molecular weight excluding hydrogens is 332 g/mol. The first-order valence-electron chi connectivity index (χ1n) is 8.37. The van der Waals surface area contributed by atoms with Crippen molar-refractivity contribution in [2.24, 2.45) is 11.8 Å². The zero-order chi connectivity index (χ0) is 15.4. The fourth-order valence-electron chi connectivity index (χ4n) is 3.46. The van der Waals surface area contributed by atoms with Gasteiger partial charge in [0.2, 0.25) is 5.91 Å². The molecule has 0 radical (unpaired) electrons. The molecule has 2 aliphatic heterocycles. The number of nitrogens with zero attached hydrogens (tertiary/aromatic N) is 1. The first kappa shape index (κ1) is 18.7. The van der Waals surface area contributed by atoms with Crippen LogP contribution in [0.25, 0.3) is 0 Å². The lowest BCUT2D eigenvalue weighted by Gasteiger charge is -2.34. The third kappa shape index (κ3) is 4.92. The highest BCUT2D eigenvalue weighted by Gasteiger charge is 2.28. The minimum absolute atomic E-state index is 0. The smallest absolute Gasteiger partial charge is 0.223 e. The normalized spacial score (nSPS) is 26.4. The van der Waals surface area contributed by atoms with E-state index in [0.717, 1.165) is 19.6 Å². The standard InChI is InChI=1S/C17H26N2O2S.ClH/c1-13(14-4-2-6-18-11-14)10-17(20)19-7-8-21-15(12-19)16-5-3-9-22-16;/h3,5,9,13-15,18H,2,4,6-8,10-12H2,1H3;1H. The highest BCUT2D eigenvalue weighted by molar-refractivity contribution is 7.10. The number of morpholine rings is 1. The van der Waals surface area contributed by atoms with E-state index >= 15 is 0 Å². The molecule has 0 spiro atoms. The Labute approximate surface area is 149 Å². The maximum atomic E-state index is 12.6. The predicted molar refractivity (Wildman–Crippen MR) is 96.2 cm³/mol. The highest BCUT2D eigenvalue weighted by atomic mass is 35.5. The number of nitrogens with one attached hydrogen (secondary N) is 1. The summed E-state index contributed by atoms with van der Waals surface area (Å²) in [5.41, 5.74) is 0. The number of piperidine rings is 1. The molecule has 130 valence electrons. The Balaban J connectivity index is 0.00000192. The van der Waals surface area contributed by atoms with Crippen LogP contribution in [0.3, 0.4) is 0 Å². The molecule has 0 aromatic carbocycles. The highest BCUT2D eigenvalue weighted by Crippen LogP contribution is 2.28. The van der Waals surface area contributed by atoms with Gasteiger partial charge in [0.25, 0.3) is 0 Å². The van der Waals surface area contributed by atoms with Crippen LogP contribution in [-0.4, -0.2) is 43.6 Å². The summed E-state index contributed by atoms with van der Waals surface area (Å²) in [4.78, 5) is 15.8. The summed E-state index contributed by atoms with van der Waals surface area (Å²) in [5.74, 6) is 1.40. The van der Waals surface area contributed by atoms with Crippen molar-refractivity contribution in [2.75, 3.05) is 32.8 Å². The number of hydrogen-bond donors (Lipinski definition) is 1. The monoisotopic (exact) mass is 358 g/mol. The minimum atomic E-state index is 0. The van der Waals surface area contributed by atoms with Gasteiger partial charge in [0.05, 0.1) is 13.2 Å². The third-order valence-corrected chi connectivity index (χ3v) is 5.88. The van der Waals surface area contributed by atoms with Crippen molar-refractivity contribution < 1.29 is 9.53 Å². The van der Waals surface area contributed by atoms with Gasteiger partial charge in [-0.2, -0.15) is 0 Å². The number of amides is 1. The second-order valence-corrected chi connectivity index (χ2v) is 7.48. The molecule has 23 heavy (non-hydrogen) atoms. The second kappa shape index (κ2) is 9.02. The molecule has 3 unspecified atom stereocenters. The largest absolute Gasteiger partial charge is 0.369 e. The first-order valence-corrected chi connectivity index (χ1v) is 9.25. The van der Waals surface area contributed by atoms with Gasteiger partial charge in [0.1, 0.15) is 6.10 Å². The predicted octanol–water partition coefficient (Wildman–Crippen LogP) is 3.10. The SMILES string of the molecule is CC(CC(=O)N1CCOC(c2cccs2)C1)C1CCCNC1.Cl. The van der Waals surface area contributed by atoms with Crippen LogP contribution < -0.4 is 5.32 Å². The van der Waals surface area contributed by atoms with Crippen molar-refractivity contribution >= 4 is 29.7 Å². The number of rotatable bonds is 4. The molecule has 0 aliphatic carbocycles. The van der Waals surface area contributed by atoms with E-state index in [1.807, 2.05) is 11.0 Å². The topological polar surface area (TPSA) is 41.6 Å². The number of ether oxygens (including phenoxy) is 1. The van der Waals surface area contributed by atoms with Crippen LogP contribution in [0, 0.1) is 11.8 Å². The van der Waals surface area contributed by atoms with E-state index in [1.165, 1.54) is 17.7 Å². The summed E-state index contributed by atoms with van der Waals surface area (Å²) in [6, 6.07) is 4.14. The summed E-state index contributed by atoms with van der Waals surface area (Å²) >= 11 is 1.71. The summed E-state index contributed by atoms with van der Waals surface area (Å²) in [6.45, 7) is 6.50. The number of halogens is 1. The van der Waals surface area contributed by atoms with Crippen molar-refractivity contribution in [3.8, 4) is 0 Å². The first-order chi connectivity index (χ1) is 10.7. The van der Waals surface area contributed by atoms with E-state index in [9.17, 15) is 4.79 Å². The second-order valence-electron chi connectivity index (χ2n) is 6.50. The van der Waals surface area contributed by atoms with E-state index in [-0.39, 0.29) is 18.5 Å². The molecule has 3 rings (SSSR count). The van der Waals surface area contributed by atoms with Crippen LogP contribution in [0.5, 0.6) is 0 Å². The quantitative estimate of drug-likeness (QED) is 0.899. The Morgan fingerprint density at radius 1 is 1.57 bits per heavy atom. The van der Waals surface area contributed by atoms with Crippen LogP contribution in [0.2, 0.25) is 0 Å². The van der Waals surface area contributed by atoms with Gasteiger partial charge in [-0.3, -0.25) is 4.79 Å². The molecular formula is C17H27ClN2O2S. The maximum Gasteiger partial charge on any atom is 0.223 e. The number of thiophene rings is 1. The molecule has 3 heterocycles. The molecule has 4 nitrogen and oxygen atoms in total. The van der Waals surface area contributed by atoms with Crippen molar-refractivity contribution in [1.82, 2.24) is 10.2 Å². The third-order valence-electron chi connectivity index (χ3n) is 4.92. The zero-order valence-corrected chi connectivity index (χ0v) is 15.3. The van der Waals surface area contributed by atoms with Gasteiger partial charge in [-0.25, -0.2) is 0 Å². The number of carbonyl (C=O) groups excluding carboxylic acids is 1. The lowest BCUT2D eigenvalue weighted by molar-refractivity contribution is -0.140. The van der Waals surface area contributed by atoms with Gasteiger partial charge in [-0.15, -0.1) is 23.7 Å². The number of carbonyl (C=O) groups is 1. The van der Waals surface area contributed by atoms with Crippen molar-refractivity contribution in [3.05, 3.63) is 22.4 Å². The van der Waals surface area contributed by atoms with E-state index in [1.54, 1.807) is 11.3 Å². The molecule has 2 saturated heterocycles. The van der Waals surface area contributed by atoms with E-state index in [2.05, 4.69) is 23.7 Å². The summed E-state index contributed by atoms with van der Waals surface area (Å²) in [6.07, 6.45) is 3.22. The Hall–Kier alpha value is -0.620. The van der Waals surface area contributed by atoms with Crippen molar-refractivity contribution in [3.63, 3.8) is 0 Å². The van der Waals surface area contributed by atoms with Crippen LogP contribution in [0.1, 0.15) is 37.2 Å². The number of hydrogen-bond acceptors (Lipinski definition) is 4. The van der Waals surface area contributed by atoms with E-state index in [0.29, 0.717) is 37.3 Å². The molecule has 1 aromatic rings. The molecule has 1 aromatic heterocycles. The molecule has 2 aliphatic rings. The average molecular weight is 359 g/mol. The van der Waals surface area contributed by atoms with Gasteiger partial charge < -0.3 is 15.0 Å².